The normalized spacial score (nSPS) is 20.6. The number of phenolic OH excluding ortho intramolecular Hbond substituents is 2. The molecule has 4 nitrogen and oxygen atoms in total. The van der Waals surface area contributed by atoms with Gasteiger partial charge in [0.1, 0.15) is 11.5 Å². The van der Waals surface area contributed by atoms with Crippen molar-refractivity contribution in [1.82, 2.24) is 10.4 Å². The number of hydrazine groups is 1. The number of benzene rings is 2. The van der Waals surface area contributed by atoms with Crippen LogP contribution in [0.3, 0.4) is 0 Å². The fraction of sp³-hybridized carbons (Fsp3) is 0.143. The summed E-state index contributed by atoms with van der Waals surface area (Å²) in [6.45, 7) is 0. The van der Waals surface area contributed by atoms with Crippen LogP contribution in [0.1, 0.15) is 29.2 Å². The fourth-order valence-electron chi connectivity index (χ4n) is 3.94. The first-order valence-corrected chi connectivity index (χ1v) is 8.50. The summed E-state index contributed by atoms with van der Waals surface area (Å²) < 4.78 is 0. The Balaban J connectivity index is 1.65. The molecule has 3 N–H and O–H groups in total. The van der Waals surface area contributed by atoms with E-state index in [0.717, 1.165) is 40.9 Å². The van der Waals surface area contributed by atoms with Gasteiger partial charge < -0.3 is 10.2 Å². The van der Waals surface area contributed by atoms with E-state index in [1.807, 2.05) is 24.3 Å². The zero-order valence-corrected chi connectivity index (χ0v) is 13.6. The molecule has 1 atom stereocenters. The summed E-state index contributed by atoms with van der Waals surface area (Å²) in [6, 6.07) is 13.2. The fourth-order valence-corrected chi connectivity index (χ4v) is 3.94. The molecule has 2 aromatic rings. The van der Waals surface area contributed by atoms with E-state index in [-0.39, 0.29) is 11.8 Å². The third-order valence-corrected chi connectivity index (χ3v) is 5.23. The van der Waals surface area contributed by atoms with Crippen LogP contribution in [0.15, 0.2) is 72.0 Å². The van der Waals surface area contributed by atoms with Gasteiger partial charge in [-0.3, -0.25) is 10.4 Å². The predicted molar refractivity (Wildman–Crippen MR) is 96.4 cm³/mol. The molecule has 0 aromatic heterocycles. The van der Waals surface area contributed by atoms with Crippen LogP contribution in [-0.2, 0) is 6.42 Å². The first-order chi connectivity index (χ1) is 12.2. The Hall–Kier alpha value is -3.14. The topological polar surface area (TPSA) is 55.7 Å². The Morgan fingerprint density at radius 2 is 1.80 bits per heavy atom. The predicted octanol–water partition coefficient (Wildman–Crippen LogP) is 3.77. The molecule has 25 heavy (non-hydrogen) atoms. The number of allylic oxidation sites excluding steroid dienone is 3. The van der Waals surface area contributed by atoms with Crippen molar-refractivity contribution in [3.63, 3.8) is 0 Å². The maximum atomic E-state index is 10.2. The van der Waals surface area contributed by atoms with E-state index >= 15 is 0 Å². The van der Waals surface area contributed by atoms with Gasteiger partial charge in [-0.2, -0.15) is 0 Å². The molecule has 0 fully saturated rings. The highest BCUT2D eigenvalue weighted by molar-refractivity contribution is 5.76. The average molecular weight is 330 g/mol. The molecule has 0 radical (unpaired) electrons. The van der Waals surface area contributed by atoms with E-state index in [1.54, 1.807) is 18.2 Å². The second-order valence-corrected chi connectivity index (χ2v) is 6.63. The van der Waals surface area contributed by atoms with Gasteiger partial charge in [-0.05, 0) is 54.3 Å². The number of nitrogens with one attached hydrogen (secondary N) is 1. The Labute approximate surface area is 146 Å². The molecule has 0 amide bonds. The molecule has 0 saturated heterocycles. The Morgan fingerprint density at radius 3 is 2.52 bits per heavy atom. The van der Waals surface area contributed by atoms with Crippen LogP contribution in [0.4, 0.5) is 0 Å². The molecule has 2 aliphatic carbocycles. The number of aromatic hydroxyl groups is 2. The molecule has 0 bridgehead atoms. The molecule has 2 aromatic carbocycles. The Kier molecular flexibility index (Phi) is 2.95. The van der Waals surface area contributed by atoms with Crippen LogP contribution in [0, 0.1) is 0 Å². The summed E-state index contributed by atoms with van der Waals surface area (Å²) in [6.07, 6.45) is 7.93. The number of hydrogen-bond donors (Lipinski definition) is 3. The average Bonchev–Trinajstić information content (AvgIpc) is 2.94. The lowest BCUT2D eigenvalue weighted by molar-refractivity contribution is 0.270. The number of hydrogen-bond acceptors (Lipinski definition) is 4. The van der Waals surface area contributed by atoms with E-state index in [0.29, 0.717) is 5.75 Å². The molecule has 1 heterocycles. The summed E-state index contributed by atoms with van der Waals surface area (Å²) in [5.74, 6) is 0.644. The first kappa shape index (κ1) is 14.2. The number of fused-ring (bicyclic) bond motifs is 2. The number of rotatable bonds is 2. The zero-order chi connectivity index (χ0) is 17.0. The maximum absolute atomic E-state index is 10.2. The van der Waals surface area contributed by atoms with Crippen molar-refractivity contribution in [3.8, 4) is 11.5 Å². The minimum absolute atomic E-state index is 0.0855. The molecular formula is C21H18N2O2. The van der Waals surface area contributed by atoms with Crippen molar-refractivity contribution in [2.75, 3.05) is 0 Å². The van der Waals surface area contributed by atoms with Crippen LogP contribution in [0.2, 0.25) is 0 Å². The van der Waals surface area contributed by atoms with Crippen LogP contribution >= 0.6 is 0 Å². The summed E-state index contributed by atoms with van der Waals surface area (Å²) in [5.41, 5.74) is 10.3. The number of phenols is 2. The first-order valence-electron chi connectivity index (χ1n) is 8.50. The van der Waals surface area contributed by atoms with Gasteiger partial charge in [0.25, 0.3) is 0 Å². The standard InChI is InChI=1S/C21H18N2O2/c24-15-9-7-13(8-10-15)21-18-12-11-16-17(5-2-6-19(16)25)20(18)22-23(21)14-3-1-4-14/h1-10,21-22,24-25H,11-12H2. The van der Waals surface area contributed by atoms with Crippen LogP contribution in [0.5, 0.6) is 11.5 Å². The SMILES string of the molecule is Oc1ccc(C2C3=C(NN2C2=CC=C2)c2cccc(O)c2CC3)cc1. The molecule has 0 saturated carbocycles. The van der Waals surface area contributed by atoms with Crippen LogP contribution in [-0.4, -0.2) is 15.2 Å². The van der Waals surface area contributed by atoms with Gasteiger partial charge in [0, 0.05) is 11.1 Å². The van der Waals surface area contributed by atoms with Gasteiger partial charge in [-0.25, -0.2) is 0 Å². The van der Waals surface area contributed by atoms with Crippen molar-refractivity contribution < 1.29 is 10.2 Å². The molecule has 4 heteroatoms. The van der Waals surface area contributed by atoms with Crippen molar-refractivity contribution in [3.05, 3.63) is 88.7 Å². The summed E-state index contributed by atoms with van der Waals surface area (Å²) in [4.78, 5) is 0. The van der Waals surface area contributed by atoms with Crippen LogP contribution in [0.25, 0.3) is 5.70 Å². The molecule has 0 spiro atoms. The molecule has 1 aliphatic heterocycles. The van der Waals surface area contributed by atoms with Gasteiger partial charge >= 0.3 is 0 Å². The van der Waals surface area contributed by atoms with Gasteiger partial charge in [0.15, 0.2) is 0 Å². The summed E-state index contributed by atoms with van der Waals surface area (Å²) in [7, 11) is 0. The minimum Gasteiger partial charge on any atom is -0.508 e. The van der Waals surface area contributed by atoms with Gasteiger partial charge in [0.2, 0.25) is 0 Å². The van der Waals surface area contributed by atoms with Gasteiger partial charge in [-0.1, -0.05) is 30.3 Å². The van der Waals surface area contributed by atoms with Crippen molar-refractivity contribution >= 4 is 5.70 Å². The highest BCUT2D eigenvalue weighted by Gasteiger charge is 2.38. The van der Waals surface area contributed by atoms with Gasteiger partial charge in [-0.15, -0.1) is 0 Å². The van der Waals surface area contributed by atoms with E-state index in [4.69, 9.17) is 0 Å². The van der Waals surface area contributed by atoms with E-state index in [2.05, 4.69) is 28.7 Å². The monoisotopic (exact) mass is 330 g/mol. The van der Waals surface area contributed by atoms with E-state index in [9.17, 15) is 10.2 Å². The smallest absolute Gasteiger partial charge is 0.119 e. The number of nitrogens with zero attached hydrogens (tertiary/aromatic N) is 1. The highest BCUT2D eigenvalue weighted by atomic mass is 16.3. The largest absolute Gasteiger partial charge is 0.508 e. The lowest BCUT2D eigenvalue weighted by Gasteiger charge is -2.31. The second-order valence-electron chi connectivity index (χ2n) is 6.63. The molecule has 1 unspecified atom stereocenters. The molecule has 3 aliphatic rings. The van der Waals surface area contributed by atoms with Gasteiger partial charge in [0.05, 0.1) is 17.4 Å². The van der Waals surface area contributed by atoms with Crippen molar-refractivity contribution in [2.45, 2.75) is 18.9 Å². The zero-order valence-electron chi connectivity index (χ0n) is 13.6. The molecule has 5 rings (SSSR count). The lowest BCUT2D eigenvalue weighted by Crippen LogP contribution is -2.34. The molecule has 124 valence electrons. The Bertz CT molecular complexity index is 954. The summed E-state index contributed by atoms with van der Waals surface area (Å²) >= 11 is 0. The third kappa shape index (κ3) is 2.07. The maximum Gasteiger partial charge on any atom is 0.119 e. The van der Waals surface area contributed by atoms with Crippen molar-refractivity contribution in [2.24, 2.45) is 0 Å². The lowest BCUT2D eigenvalue weighted by atomic mass is 9.84. The molecular weight excluding hydrogens is 312 g/mol. The minimum atomic E-state index is 0.0855. The van der Waals surface area contributed by atoms with E-state index < -0.39 is 0 Å². The van der Waals surface area contributed by atoms with Crippen molar-refractivity contribution in [1.29, 1.82) is 0 Å². The highest BCUT2D eigenvalue weighted by Crippen LogP contribution is 2.47. The quantitative estimate of drug-likeness (QED) is 0.784. The third-order valence-electron chi connectivity index (χ3n) is 5.23. The Morgan fingerprint density at radius 1 is 1.00 bits per heavy atom. The van der Waals surface area contributed by atoms with Crippen LogP contribution < -0.4 is 5.43 Å². The van der Waals surface area contributed by atoms with E-state index in [1.165, 1.54) is 5.57 Å². The second kappa shape index (κ2) is 5.18. The summed E-state index contributed by atoms with van der Waals surface area (Å²) in [5, 5.41) is 22.0.